The third kappa shape index (κ3) is 4.59. The minimum atomic E-state index is -0.103. The highest BCUT2D eigenvalue weighted by molar-refractivity contribution is 5.85. The maximum absolute atomic E-state index is 14.5. The van der Waals surface area contributed by atoms with E-state index in [0.717, 1.165) is 28.0 Å². The Morgan fingerprint density at radius 1 is 0.833 bits per heavy atom. The highest BCUT2D eigenvalue weighted by atomic mass is 19.1. The van der Waals surface area contributed by atoms with E-state index >= 15 is 0 Å². The van der Waals surface area contributed by atoms with Crippen molar-refractivity contribution in [3.05, 3.63) is 82.7 Å². The lowest BCUT2D eigenvalue weighted by atomic mass is 9.77. The first-order valence-corrected chi connectivity index (χ1v) is 11.5. The number of benzene rings is 3. The average molecular weight is 399 g/mol. The molecule has 0 saturated heterocycles. The molecule has 4 rings (SSSR count). The zero-order valence-corrected chi connectivity index (χ0v) is 18.2. The Hall–Kier alpha value is -2.59. The summed E-state index contributed by atoms with van der Waals surface area (Å²) < 4.78 is 14.5. The summed E-state index contributed by atoms with van der Waals surface area (Å²) in [5, 5.41) is 1.59. The lowest BCUT2D eigenvalue weighted by Gasteiger charge is -2.28. The topological polar surface area (TPSA) is 0 Å². The number of fused-ring (bicyclic) bond motifs is 1. The van der Waals surface area contributed by atoms with Gasteiger partial charge in [-0.15, -0.1) is 0 Å². The molecule has 1 fully saturated rings. The minimum Gasteiger partial charge on any atom is -0.206 e. The predicted octanol–water partition coefficient (Wildman–Crippen LogP) is 8.02. The van der Waals surface area contributed by atoms with Gasteiger partial charge in [0, 0.05) is 16.5 Å². The molecule has 0 aromatic heterocycles. The van der Waals surface area contributed by atoms with E-state index in [1.807, 2.05) is 37.3 Å². The summed E-state index contributed by atoms with van der Waals surface area (Å²) in [5.74, 6) is 8.07. The van der Waals surface area contributed by atoms with Crippen molar-refractivity contribution in [2.24, 2.45) is 5.92 Å². The van der Waals surface area contributed by atoms with Crippen LogP contribution in [-0.4, -0.2) is 0 Å². The summed E-state index contributed by atoms with van der Waals surface area (Å²) >= 11 is 0. The van der Waals surface area contributed by atoms with Gasteiger partial charge in [-0.25, -0.2) is 4.39 Å². The van der Waals surface area contributed by atoms with E-state index in [4.69, 9.17) is 0 Å². The molecule has 1 saturated carbocycles. The standard InChI is InChI=1S/C29H31F/c1-3-5-21-8-13-25(14-9-21)26-15-10-22(11-16-26)6-7-23-12-19-28-27(20-23)18-17-24(4-2)29(28)30/h10-12,15-21,25H,3-5,8-9,13-14H2,1-2H3. The first kappa shape index (κ1) is 20.7. The second-order valence-electron chi connectivity index (χ2n) is 8.71. The van der Waals surface area contributed by atoms with Gasteiger partial charge in [-0.1, -0.05) is 68.9 Å². The Balaban J connectivity index is 1.45. The van der Waals surface area contributed by atoms with E-state index in [2.05, 4.69) is 43.0 Å². The third-order valence-electron chi connectivity index (χ3n) is 6.69. The van der Waals surface area contributed by atoms with Crippen LogP contribution < -0.4 is 0 Å². The molecule has 1 heteroatoms. The number of hydrogen-bond donors (Lipinski definition) is 0. The van der Waals surface area contributed by atoms with Crippen molar-refractivity contribution in [1.29, 1.82) is 0 Å². The molecule has 154 valence electrons. The summed E-state index contributed by atoms with van der Waals surface area (Å²) in [6.45, 7) is 4.27. The maximum Gasteiger partial charge on any atom is 0.134 e. The lowest BCUT2D eigenvalue weighted by molar-refractivity contribution is 0.308. The quantitative estimate of drug-likeness (QED) is 0.390. The molecular formula is C29H31F. The van der Waals surface area contributed by atoms with Gasteiger partial charge in [-0.05, 0) is 84.7 Å². The molecule has 0 N–H and O–H groups in total. The fourth-order valence-corrected chi connectivity index (χ4v) is 4.86. The fourth-order valence-electron chi connectivity index (χ4n) is 4.86. The van der Waals surface area contributed by atoms with Crippen LogP contribution in [0.1, 0.15) is 80.5 Å². The van der Waals surface area contributed by atoms with E-state index in [0.29, 0.717) is 17.7 Å². The Kier molecular flexibility index (Phi) is 6.53. The molecule has 0 amide bonds. The molecule has 30 heavy (non-hydrogen) atoms. The van der Waals surface area contributed by atoms with Crippen LogP contribution in [0.25, 0.3) is 10.8 Å². The van der Waals surface area contributed by atoms with Crippen molar-refractivity contribution in [2.75, 3.05) is 0 Å². The summed E-state index contributed by atoms with van der Waals surface area (Å²) in [4.78, 5) is 0. The van der Waals surface area contributed by atoms with Crippen LogP contribution in [0.15, 0.2) is 54.6 Å². The van der Waals surface area contributed by atoms with Gasteiger partial charge in [0.1, 0.15) is 5.82 Å². The van der Waals surface area contributed by atoms with Gasteiger partial charge in [0.25, 0.3) is 0 Å². The maximum atomic E-state index is 14.5. The molecule has 1 aliphatic carbocycles. The number of hydrogen-bond acceptors (Lipinski definition) is 0. The van der Waals surface area contributed by atoms with E-state index in [1.54, 1.807) is 0 Å². The molecule has 0 atom stereocenters. The van der Waals surface area contributed by atoms with Crippen LogP contribution in [0, 0.1) is 23.6 Å². The average Bonchev–Trinajstić information content (AvgIpc) is 2.79. The number of halogens is 1. The molecule has 1 aliphatic rings. The van der Waals surface area contributed by atoms with E-state index < -0.39 is 0 Å². The second kappa shape index (κ2) is 9.48. The summed E-state index contributed by atoms with van der Waals surface area (Å²) in [5.41, 5.74) is 4.18. The van der Waals surface area contributed by atoms with Crippen LogP contribution in [-0.2, 0) is 6.42 Å². The first-order valence-electron chi connectivity index (χ1n) is 11.5. The molecule has 0 bridgehead atoms. The molecule has 3 aromatic carbocycles. The molecule has 0 nitrogen and oxygen atoms in total. The largest absolute Gasteiger partial charge is 0.206 e. The van der Waals surface area contributed by atoms with Crippen molar-refractivity contribution in [2.45, 2.75) is 64.7 Å². The summed E-state index contributed by atoms with van der Waals surface area (Å²) in [7, 11) is 0. The van der Waals surface area contributed by atoms with Crippen LogP contribution in [0.2, 0.25) is 0 Å². The number of rotatable bonds is 4. The van der Waals surface area contributed by atoms with E-state index in [9.17, 15) is 4.39 Å². The number of aryl methyl sites for hydroxylation is 1. The second-order valence-corrected chi connectivity index (χ2v) is 8.71. The zero-order valence-electron chi connectivity index (χ0n) is 18.2. The van der Waals surface area contributed by atoms with Gasteiger partial charge in [0.2, 0.25) is 0 Å². The molecule has 0 spiro atoms. The zero-order chi connectivity index (χ0) is 20.9. The molecular weight excluding hydrogens is 367 g/mol. The fraction of sp³-hybridized carbons (Fsp3) is 0.379. The van der Waals surface area contributed by atoms with Crippen LogP contribution in [0.5, 0.6) is 0 Å². The van der Waals surface area contributed by atoms with Crippen molar-refractivity contribution in [3.63, 3.8) is 0 Å². The minimum absolute atomic E-state index is 0.103. The van der Waals surface area contributed by atoms with E-state index in [-0.39, 0.29) is 5.82 Å². The predicted molar refractivity (Wildman–Crippen MR) is 125 cm³/mol. The Bertz CT molecular complexity index is 1060. The van der Waals surface area contributed by atoms with Crippen LogP contribution in [0.4, 0.5) is 4.39 Å². The van der Waals surface area contributed by atoms with Crippen molar-refractivity contribution in [1.82, 2.24) is 0 Å². The van der Waals surface area contributed by atoms with E-state index in [1.165, 1.54) is 44.1 Å². The smallest absolute Gasteiger partial charge is 0.134 e. The third-order valence-corrected chi connectivity index (χ3v) is 6.69. The normalized spacial score (nSPS) is 18.8. The van der Waals surface area contributed by atoms with Crippen molar-refractivity contribution >= 4 is 10.8 Å². The lowest BCUT2D eigenvalue weighted by Crippen LogP contribution is -2.13. The van der Waals surface area contributed by atoms with Gasteiger partial charge in [0.05, 0.1) is 0 Å². The highest BCUT2D eigenvalue weighted by Crippen LogP contribution is 2.37. The molecule has 0 radical (unpaired) electrons. The Morgan fingerprint density at radius 3 is 2.23 bits per heavy atom. The molecule has 0 unspecified atom stereocenters. The summed E-state index contributed by atoms with van der Waals surface area (Å²) in [6.07, 6.45) is 8.81. The Morgan fingerprint density at radius 2 is 1.53 bits per heavy atom. The molecule has 0 heterocycles. The van der Waals surface area contributed by atoms with Crippen molar-refractivity contribution < 1.29 is 4.39 Å². The van der Waals surface area contributed by atoms with Crippen LogP contribution >= 0.6 is 0 Å². The summed E-state index contributed by atoms with van der Waals surface area (Å²) in [6, 6.07) is 18.4. The van der Waals surface area contributed by atoms with Gasteiger partial charge in [0.15, 0.2) is 0 Å². The van der Waals surface area contributed by atoms with Crippen LogP contribution in [0.3, 0.4) is 0 Å². The van der Waals surface area contributed by atoms with Gasteiger partial charge < -0.3 is 0 Å². The Labute approximate surface area is 180 Å². The van der Waals surface area contributed by atoms with Gasteiger partial charge in [-0.2, -0.15) is 0 Å². The SMILES string of the molecule is CCCC1CCC(c2ccc(C#Cc3ccc4c(F)c(CC)ccc4c3)cc2)CC1. The van der Waals surface area contributed by atoms with Crippen molar-refractivity contribution in [3.8, 4) is 11.8 Å². The molecule has 0 aliphatic heterocycles. The van der Waals surface area contributed by atoms with Gasteiger partial charge in [-0.3, -0.25) is 0 Å². The van der Waals surface area contributed by atoms with Gasteiger partial charge >= 0.3 is 0 Å². The highest BCUT2D eigenvalue weighted by Gasteiger charge is 2.21. The molecule has 3 aromatic rings. The first-order chi connectivity index (χ1) is 14.7. The monoisotopic (exact) mass is 398 g/mol.